The molecule has 2 aliphatic heterocycles. The topological polar surface area (TPSA) is 15.6 Å². The minimum atomic E-state index is -0.387. The molecule has 1 atom stereocenters. The maximum Gasteiger partial charge on any atom is 0.0873 e. The van der Waals surface area contributed by atoms with Crippen LogP contribution in [0.1, 0.15) is 19.3 Å². The molecule has 0 spiro atoms. The Kier molecular flexibility index (Phi) is 3.14. The summed E-state index contributed by atoms with van der Waals surface area (Å²) in [6.07, 6.45) is 4.00. The first-order valence-electron chi connectivity index (χ1n) is 5.53. The van der Waals surface area contributed by atoms with E-state index in [2.05, 4.69) is 27.5 Å². The Labute approximate surface area is 106 Å². The largest absolute Gasteiger partial charge is 0.372 e. The molecule has 2 heterocycles. The zero-order chi connectivity index (χ0) is 11.0. The third-order valence-corrected chi connectivity index (χ3v) is 5.93. The Hall–Kier alpha value is -0.190. The van der Waals surface area contributed by atoms with Crippen molar-refractivity contribution in [3.05, 3.63) is 18.2 Å². The fraction of sp³-hybridized carbons (Fsp3) is 0.455. The first-order valence-corrected chi connectivity index (χ1v) is 8.87. The molecule has 1 aromatic rings. The Morgan fingerprint density at radius 1 is 1.25 bits per heavy atom. The zero-order valence-corrected chi connectivity index (χ0v) is 11.2. The van der Waals surface area contributed by atoms with Crippen LogP contribution in [-0.2, 0) is 8.94 Å². The van der Waals surface area contributed by atoms with Gasteiger partial charge in [0.2, 0.25) is 0 Å². The van der Waals surface area contributed by atoms with Crippen molar-refractivity contribution in [3.8, 4) is 0 Å². The lowest BCUT2D eigenvalue weighted by atomic mass is 10.1. The summed E-state index contributed by atoms with van der Waals surface area (Å²) in [5.41, 5.74) is 2.39. The zero-order valence-electron chi connectivity index (χ0n) is 8.86. The maximum atomic E-state index is 6.03. The molecular formula is C11H13ClN2S2. The lowest BCUT2D eigenvalue weighted by Gasteiger charge is -2.29. The van der Waals surface area contributed by atoms with Gasteiger partial charge in [0, 0.05) is 23.7 Å². The van der Waals surface area contributed by atoms with Crippen molar-refractivity contribution in [3.63, 3.8) is 0 Å². The van der Waals surface area contributed by atoms with Crippen LogP contribution in [0.2, 0.25) is 0 Å². The standard InChI is InChI=1S/C11H13ClN2S2/c12-16-13-10-5-4-9(8-11(10)15-16)14-6-2-1-3-7-14/h4-5,8H,1-3,6-7H2. The molecule has 1 saturated heterocycles. The maximum absolute atomic E-state index is 6.03. The van der Waals surface area contributed by atoms with Crippen molar-refractivity contribution in [2.75, 3.05) is 18.0 Å². The number of benzene rings is 1. The first kappa shape index (κ1) is 10.9. The van der Waals surface area contributed by atoms with Crippen LogP contribution in [-0.4, -0.2) is 13.1 Å². The third kappa shape index (κ3) is 2.11. The van der Waals surface area contributed by atoms with Gasteiger partial charge in [-0.15, -0.1) is 0 Å². The van der Waals surface area contributed by atoms with Crippen LogP contribution in [0.3, 0.4) is 0 Å². The van der Waals surface area contributed by atoms with Gasteiger partial charge in [-0.05, 0) is 58.9 Å². The van der Waals surface area contributed by atoms with Crippen LogP contribution in [0.4, 0.5) is 11.4 Å². The van der Waals surface area contributed by atoms with Gasteiger partial charge in [-0.3, -0.25) is 0 Å². The highest BCUT2D eigenvalue weighted by Gasteiger charge is 2.17. The highest BCUT2D eigenvalue weighted by Crippen LogP contribution is 2.44. The van der Waals surface area contributed by atoms with E-state index in [9.17, 15) is 0 Å². The molecule has 86 valence electrons. The van der Waals surface area contributed by atoms with E-state index < -0.39 is 0 Å². The van der Waals surface area contributed by atoms with E-state index in [0.29, 0.717) is 0 Å². The second kappa shape index (κ2) is 4.59. The molecule has 2 aliphatic rings. The third-order valence-electron chi connectivity index (χ3n) is 2.99. The Morgan fingerprint density at radius 3 is 2.88 bits per heavy atom. The van der Waals surface area contributed by atoms with E-state index in [4.69, 9.17) is 10.7 Å². The SMILES string of the molecule is ClS1=Nc2ccc(N3CCCCC3)cc2S1. The van der Waals surface area contributed by atoms with E-state index in [1.807, 2.05) is 0 Å². The van der Waals surface area contributed by atoms with Crippen molar-refractivity contribution in [1.82, 2.24) is 0 Å². The number of hydrogen-bond acceptors (Lipinski definition) is 3. The minimum Gasteiger partial charge on any atom is -0.372 e. The lowest BCUT2D eigenvalue weighted by Crippen LogP contribution is -2.29. The average molecular weight is 273 g/mol. The van der Waals surface area contributed by atoms with Crippen LogP contribution >= 0.6 is 21.5 Å². The predicted molar refractivity (Wildman–Crippen MR) is 73.7 cm³/mol. The van der Waals surface area contributed by atoms with Gasteiger partial charge in [0.15, 0.2) is 0 Å². The number of hydrogen-bond donors (Lipinski definition) is 0. The van der Waals surface area contributed by atoms with Crippen molar-refractivity contribution in [1.29, 1.82) is 0 Å². The quantitative estimate of drug-likeness (QED) is 0.709. The van der Waals surface area contributed by atoms with Crippen LogP contribution in [0.5, 0.6) is 0 Å². The van der Waals surface area contributed by atoms with Gasteiger partial charge < -0.3 is 4.90 Å². The second-order valence-corrected chi connectivity index (χ2v) is 8.16. The summed E-state index contributed by atoms with van der Waals surface area (Å²) in [7, 11) is 7.31. The van der Waals surface area contributed by atoms with Crippen molar-refractivity contribution in [2.45, 2.75) is 24.2 Å². The van der Waals surface area contributed by atoms with Crippen LogP contribution in [0.25, 0.3) is 0 Å². The average Bonchev–Trinajstić information content (AvgIpc) is 2.69. The number of anilines is 1. The molecule has 5 heteroatoms. The smallest absolute Gasteiger partial charge is 0.0873 e. The van der Waals surface area contributed by atoms with E-state index in [1.165, 1.54) is 42.9 Å². The van der Waals surface area contributed by atoms with Crippen LogP contribution in [0.15, 0.2) is 27.5 Å². The molecule has 2 nitrogen and oxygen atoms in total. The summed E-state index contributed by atoms with van der Waals surface area (Å²) in [6, 6.07) is 6.51. The van der Waals surface area contributed by atoms with Crippen LogP contribution in [0, 0.1) is 0 Å². The molecule has 0 N–H and O–H groups in total. The predicted octanol–water partition coefficient (Wildman–Crippen LogP) is 4.28. The molecule has 0 radical (unpaired) electrons. The summed E-state index contributed by atoms with van der Waals surface area (Å²) in [5, 5.41) is 0. The van der Waals surface area contributed by atoms with Gasteiger partial charge in [0.1, 0.15) is 0 Å². The summed E-state index contributed by atoms with van der Waals surface area (Å²) < 4.78 is 4.38. The molecule has 0 saturated carbocycles. The molecule has 0 aliphatic carbocycles. The van der Waals surface area contributed by atoms with Crippen molar-refractivity contribution >= 4 is 41.8 Å². The Balaban J connectivity index is 1.86. The Bertz CT molecular complexity index is 442. The second-order valence-electron chi connectivity index (χ2n) is 4.08. The number of piperidine rings is 1. The molecule has 3 rings (SSSR count). The molecule has 0 bridgehead atoms. The van der Waals surface area contributed by atoms with Gasteiger partial charge in [-0.2, -0.15) is 0 Å². The molecule has 1 unspecified atom stereocenters. The number of rotatable bonds is 1. The molecule has 16 heavy (non-hydrogen) atoms. The number of fused-ring (bicyclic) bond motifs is 1. The fourth-order valence-corrected chi connectivity index (χ4v) is 5.12. The Morgan fingerprint density at radius 2 is 2.06 bits per heavy atom. The minimum absolute atomic E-state index is 0.387. The van der Waals surface area contributed by atoms with Gasteiger partial charge in [0.05, 0.1) is 14.6 Å². The molecular weight excluding hydrogens is 260 g/mol. The van der Waals surface area contributed by atoms with Gasteiger partial charge in [-0.1, -0.05) is 0 Å². The first-order chi connectivity index (χ1) is 7.83. The summed E-state index contributed by atoms with van der Waals surface area (Å²) in [6.45, 7) is 2.38. The molecule has 1 aromatic carbocycles. The summed E-state index contributed by atoms with van der Waals surface area (Å²) in [5.74, 6) is 0. The highest BCUT2D eigenvalue weighted by molar-refractivity contribution is 8.78. The normalized spacial score (nSPS) is 24.1. The number of halogens is 1. The molecule has 0 amide bonds. The summed E-state index contributed by atoms with van der Waals surface area (Å²) >= 11 is 0. The van der Waals surface area contributed by atoms with E-state index in [0.717, 1.165) is 5.69 Å². The lowest BCUT2D eigenvalue weighted by molar-refractivity contribution is 0.577. The van der Waals surface area contributed by atoms with Gasteiger partial charge in [0.25, 0.3) is 0 Å². The van der Waals surface area contributed by atoms with Gasteiger partial charge >= 0.3 is 0 Å². The number of nitrogens with zero attached hydrogens (tertiary/aromatic N) is 2. The molecule has 1 fully saturated rings. The summed E-state index contributed by atoms with van der Waals surface area (Å²) in [4.78, 5) is 3.70. The fourth-order valence-electron chi connectivity index (χ4n) is 2.16. The van der Waals surface area contributed by atoms with E-state index >= 15 is 0 Å². The van der Waals surface area contributed by atoms with Gasteiger partial charge in [-0.25, -0.2) is 4.36 Å². The van der Waals surface area contributed by atoms with E-state index in [-0.39, 0.29) is 8.94 Å². The molecule has 0 aromatic heterocycles. The van der Waals surface area contributed by atoms with Crippen molar-refractivity contribution in [2.24, 2.45) is 4.36 Å². The van der Waals surface area contributed by atoms with E-state index in [1.54, 1.807) is 10.8 Å². The monoisotopic (exact) mass is 272 g/mol. The van der Waals surface area contributed by atoms with Crippen molar-refractivity contribution < 1.29 is 0 Å². The van der Waals surface area contributed by atoms with Crippen LogP contribution < -0.4 is 4.90 Å². The highest BCUT2D eigenvalue weighted by atomic mass is 35.7.